The van der Waals surface area contributed by atoms with E-state index in [0.717, 1.165) is 18.3 Å². The second kappa shape index (κ2) is 4.94. The minimum absolute atomic E-state index is 0.516. The summed E-state index contributed by atoms with van der Waals surface area (Å²) in [5, 5.41) is 4.30. The SMILES string of the molecule is O=Cc1cnoc1CCc1cccc(Cl)c1. The molecule has 0 saturated carbocycles. The molecule has 82 valence electrons. The number of carbonyl (C=O) groups is 1. The van der Waals surface area contributed by atoms with E-state index in [9.17, 15) is 4.79 Å². The van der Waals surface area contributed by atoms with Crippen molar-refractivity contribution in [1.29, 1.82) is 0 Å². The van der Waals surface area contributed by atoms with Crippen LogP contribution >= 0.6 is 11.6 Å². The average molecular weight is 236 g/mol. The molecule has 0 aliphatic rings. The molecule has 0 radical (unpaired) electrons. The summed E-state index contributed by atoms with van der Waals surface area (Å²) >= 11 is 5.87. The lowest BCUT2D eigenvalue weighted by Gasteiger charge is -1.99. The quantitative estimate of drug-likeness (QED) is 0.766. The van der Waals surface area contributed by atoms with Crippen molar-refractivity contribution in [3.05, 3.63) is 52.4 Å². The molecule has 0 bridgehead atoms. The standard InChI is InChI=1S/C12H10ClNO2/c13-11-3-1-2-9(6-11)4-5-12-10(8-15)7-14-16-12/h1-3,6-8H,4-5H2. The largest absolute Gasteiger partial charge is 0.361 e. The molecular weight excluding hydrogens is 226 g/mol. The fourth-order valence-corrected chi connectivity index (χ4v) is 1.72. The van der Waals surface area contributed by atoms with Crippen LogP contribution in [0.3, 0.4) is 0 Å². The Labute approximate surface area is 98.0 Å². The fraction of sp³-hybridized carbons (Fsp3) is 0.167. The minimum atomic E-state index is 0.516. The molecule has 1 aromatic carbocycles. The van der Waals surface area contributed by atoms with E-state index >= 15 is 0 Å². The Morgan fingerprint density at radius 2 is 2.25 bits per heavy atom. The van der Waals surface area contributed by atoms with E-state index in [1.54, 1.807) is 0 Å². The molecule has 1 aromatic heterocycles. The summed E-state index contributed by atoms with van der Waals surface area (Å²) < 4.78 is 4.99. The first-order valence-electron chi connectivity index (χ1n) is 4.93. The van der Waals surface area contributed by atoms with Gasteiger partial charge in [-0.3, -0.25) is 4.79 Å². The lowest BCUT2D eigenvalue weighted by molar-refractivity contribution is 0.112. The Morgan fingerprint density at radius 3 is 3.00 bits per heavy atom. The zero-order valence-corrected chi connectivity index (χ0v) is 9.28. The monoisotopic (exact) mass is 235 g/mol. The van der Waals surface area contributed by atoms with E-state index in [-0.39, 0.29) is 0 Å². The molecule has 1 heterocycles. The Hall–Kier alpha value is -1.61. The van der Waals surface area contributed by atoms with E-state index in [2.05, 4.69) is 5.16 Å². The van der Waals surface area contributed by atoms with Gasteiger partial charge in [0.05, 0.1) is 11.8 Å². The highest BCUT2D eigenvalue weighted by molar-refractivity contribution is 6.30. The van der Waals surface area contributed by atoms with Gasteiger partial charge in [-0.25, -0.2) is 0 Å². The van der Waals surface area contributed by atoms with Crippen LogP contribution in [0.25, 0.3) is 0 Å². The van der Waals surface area contributed by atoms with Gasteiger partial charge < -0.3 is 4.52 Å². The van der Waals surface area contributed by atoms with Crippen LogP contribution in [0.1, 0.15) is 21.7 Å². The highest BCUT2D eigenvalue weighted by Crippen LogP contribution is 2.14. The molecule has 0 aliphatic heterocycles. The van der Waals surface area contributed by atoms with Crippen molar-refractivity contribution in [3.8, 4) is 0 Å². The number of benzene rings is 1. The summed E-state index contributed by atoms with van der Waals surface area (Å²) in [6, 6.07) is 7.62. The number of aldehydes is 1. The molecule has 0 N–H and O–H groups in total. The molecule has 4 heteroatoms. The van der Waals surface area contributed by atoms with Crippen LogP contribution < -0.4 is 0 Å². The van der Waals surface area contributed by atoms with Crippen molar-refractivity contribution >= 4 is 17.9 Å². The molecule has 16 heavy (non-hydrogen) atoms. The molecule has 0 aliphatic carbocycles. The second-order valence-electron chi connectivity index (χ2n) is 3.45. The van der Waals surface area contributed by atoms with Gasteiger partial charge in [0.25, 0.3) is 0 Å². The molecule has 2 aromatic rings. The first kappa shape index (κ1) is 10.9. The van der Waals surface area contributed by atoms with Crippen molar-refractivity contribution in [1.82, 2.24) is 5.16 Å². The molecule has 0 saturated heterocycles. The average Bonchev–Trinajstić information content (AvgIpc) is 2.74. The molecule has 0 fully saturated rings. The highest BCUT2D eigenvalue weighted by Gasteiger charge is 2.07. The molecule has 0 unspecified atom stereocenters. The third-order valence-electron chi connectivity index (χ3n) is 2.33. The van der Waals surface area contributed by atoms with Crippen LogP contribution in [0.4, 0.5) is 0 Å². The minimum Gasteiger partial charge on any atom is -0.361 e. The van der Waals surface area contributed by atoms with Gasteiger partial charge in [-0.05, 0) is 24.1 Å². The molecular formula is C12H10ClNO2. The number of rotatable bonds is 4. The van der Waals surface area contributed by atoms with Crippen LogP contribution in [-0.4, -0.2) is 11.4 Å². The zero-order chi connectivity index (χ0) is 11.4. The van der Waals surface area contributed by atoms with Crippen LogP contribution in [-0.2, 0) is 12.8 Å². The number of aromatic nitrogens is 1. The number of nitrogens with zero attached hydrogens (tertiary/aromatic N) is 1. The molecule has 3 nitrogen and oxygen atoms in total. The predicted octanol–water partition coefficient (Wildman–Crippen LogP) is 2.93. The lowest BCUT2D eigenvalue weighted by atomic mass is 10.1. The number of hydrogen-bond donors (Lipinski definition) is 0. The Kier molecular flexibility index (Phi) is 3.37. The van der Waals surface area contributed by atoms with Gasteiger partial charge in [-0.2, -0.15) is 0 Å². The maximum atomic E-state index is 10.6. The molecule has 0 amide bonds. The molecule has 0 spiro atoms. The summed E-state index contributed by atoms with van der Waals surface area (Å²) in [6.07, 6.45) is 3.61. The third kappa shape index (κ3) is 2.49. The van der Waals surface area contributed by atoms with Gasteiger partial charge in [-0.15, -0.1) is 0 Å². The number of hydrogen-bond acceptors (Lipinski definition) is 3. The van der Waals surface area contributed by atoms with Crippen molar-refractivity contribution in [2.75, 3.05) is 0 Å². The number of carbonyl (C=O) groups excluding carboxylic acids is 1. The first-order chi connectivity index (χ1) is 7.79. The van der Waals surface area contributed by atoms with Gasteiger partial charge in [0.2, 0.25) is 0 Å². The predicted molar refractivity (Wildman–Crippen MR) is 60.8 cm³/mol. The Balaban J connectivity index is 2.05. The van der Waals surface area contributed by atoms with Gasteiger partial charge >= 0.3 is 0 Å². The summed E-state index contributed by atoms with van der Waals surface area (Å²) in [7, 11) is 0. The maximum absolute atomic E-state index is 10.6. The number of aryl methyl sites for hydroxylation is 2. The van der Waals surface area contributed by atoms with Crippen LogP contribution in [0, 0.1) is 0 Å². The van der Waals surface area contributed by atoms with Crippen molar-refractivity contribution in [2.45, 2.75) is 12.8 Å². The van der Waals surface area contributed by atoms with Crippen molar-refractivity contribution in [2.24, 2.45) is 0 Å². The molecule has 2 rings (SSSR count). The topological polar surface area (TPSA) is 43.1 Å². The van der Waals surface area contributed by atoms with Crippen LogP contribution in [0.15, 0.2) is 35.0 Å². The van der Waals surface area contributed by atoms with Gasteiger partial charge in [-0.1, -0.05) is 28.9 Å². The molecule has 0 atom stereocenters. The van der Waals surface area contributed by atoms with Crippen molar-refractivity contribution in [3.63, 3.8) is 0 Å². The van der Waals surface area contributed by atoms with E-state index in [1.165, 1.54) is 6.20 Å². The first-order valence-corrected chi connectivity index (χ1v) is 5.30. The summed E-state index contributed by atoms with van der Waals surface area (Å²) in [5.74, 6) is 0.620. The second-order valence-corrected chi connectivity index (χ2v) is 3.89. The van der Waals surface area contributed by atoms with Crippen LogP contribution in [0.5, 0.6) is 0 Å². The van der Waals surface area contributed by atoms with Gasteiger partial charge in [0.1, 0.15) is 5.76 Å². The number of halogens is 1. The van der Waals surface area contributed by atoms with E-state index in [4.69, 9.17) is 16.1 Å². The van der Waals surface area contributed by atoms with E-state index < -0.39 is 0 Å². The van der Waals surface area contributed by atoms with Gasteiger partial charge in [0, 0.05) is 11.4 Å². The maximum Gasteiger partial charge on any atom is 0.155 e. The van der Waals surface area contributed by atoms with E-state index in [1.807, 2.05) is 24.3 Å². The van der Waals surface area contributed by atoms with Gasteiger partial charge in [0.15, 0.2) is 6.29 Å². The zero-order valence-electron chi connectivity index (χ0n) is 8.52. The lowest BCUT2D eigenvalue weighted by Crippen LogP contribution is -1.92. The van der Waals surface area contributed by atoms with E-state index in [0.29, 0.717) is 22.8 Å². The fourth-order valence-electron chi connectivity index (χ4n) is 1.51. The normalized spacial score (nSPS) is 10.3. The van der Waals surface area contributed by atoms with Crippen LogP contribution in [0.2, 0.25) is 5.02 Å². The highest BCUT2D eigenvalue weighted by atomic mass is 35.5. The summed E-state index contributed by atoms with van der Waals surface area (Å²) in [6.45, 7) is 0. The summed E-state index contributed by atoms with van der Waals surface area (Å²) in [4.78, 5) is 10.6. The Bertz CT molecular complexity index is 493. The summed E-state index contributed by atoms with van der Waals surface area (Å²) in [5.41, 5.74) is 1.63. The van der Waals surface area contributed by atoms with Crippen molar-refractivity contribution < 1.29 is 9.32 Å². The smallest absolute Gasteiger partial charge is 0.155 e. The Morgan fingerprint density at radius 1 is 1.38 bits per heavy atom. The third-order valence-corrected chi connectivity index (χ3v) is 2.57.